The lowest BCUT2D eigenvalue weighted by molar-refractivity contribution is 0.0687. The molecule has 7 heteroatoms. The summed E-state index contributed by atoms with van der Waals surface area (Å²) < 4.78 is 1.52. The molecule has 0 amide bonds. The van der Waals surface area contributed by atoms with Crippen LogP contribution < -0.4 is 0 Å². The number of carbonyl (C=O) groups is 1. The molecule has 0 fully saturated rings. The highest BCUT2D eigenvalue weighted by molar-refractivity contribution is 7.12. The normalized spacial score (nSPS) is 11.8. The smallest absolute Gasteiger partial charge is 0.358 e. The molecule has 0 unspecified atom stereocenters. The Bertz CT molecular complexity index is 594. The topological polar surface area (TPSA) is 80.9 Å². The summed E-state index contributed by atoms with van der Waals surface area (Å²) in [5.41, 5.74) is 1.04. The summed E-state index contributed by atoms with van der Waals surface area (Å²) in [5.74, 6) is -1.07. The monoisotopic (exact) mass is 266 g/mol. The van der Waals surface area contributed by atoms with Gasteiger partial charge in [0, 0.05) is 10.8 Å². The molecular formula is C11H14N4O2S. The van der Waals surface area contributed by atoms with E-state index in [1.165, 1.54) is 16.0 Å². The van der Waals surface area contributed by atoms with Crippen LogP contribution in [0.15, 0.2) is 5.38 Å². The number of thiazole rings is 1. The summed E-state index contributed by atoms with van der Waals surface area (Å²) in [6, 6.07) is 0. The standard InChI is InChI=1S/C11H14N4O2S/c1-6-5-18-10(12-6)15-8(11(2,3)4)7(9(16)17)13-14-15/h5H,1-4H3,(H,16,17). The minimum absolute atomic E-state index is 0.0182. The fraction of sp³-hybridized carbons (Fsp3) is 0.455. The molecule has 2 rings (SSSR count). The number of aromatic nitrogens is 4. The van der Waals surface area contributed by atoms with E-state index in [2.05, 4.69) is 15.3 Å². The number of carboxylic acid groups (broad SMARTS) is 1. The van der Waals surface area contributed by atoms with Crippen LogP contribution in [0.25, 0.3) is 5.13 Å². The van der Waals surface area contributed by atoms with Gasteiger partial charge in [0.2, 0.25) is 5.13 Å². The minimum Gasteiger partial charge on any atom is -0.476 e. The van der Waals surface area contributed by atoms with Gasteiger partial charge < -0.3 is 5.11 Å². The lowest BCUT2D eigenvalue weighted by atomic mass is 9.90. The summed E-state index contributed by atoms with van der Waals surface area (Å²) in [5, 5.41) is 19.4. The fourth-order valence-electron chi connectivity index (χ4n) is 1.67. The highest BCUT2D eigenvalue weighted by atomic mass is 32.1. The minimum atomic E-state index is -1.07. The third-order valence-corrected chi connectivity index (χ3v) is 3.31. The van der Waals surface area contributed by atoms with Gasteiger partial charge in [-0.05, 0) is 6.92 Å². The van der Waals surface area contributed by atoms with Crippen molar-refractivity contribution in [3.63, 3.8) is 0 Å². The van der Waals surface area contributed by atoms with Gasteiger partial charge in [-0.3, -0.25) is 0 Å². The van der Waals surface area contributed by atoms with E-state index in [-0.39, 0.29) is 11.1 Å². The Balaban J connectivity index is 2.66. The second kappa shape index (κ2) is 4.16. The number of hydrogen-bond acceptors (Lipinski definition) is 5. The molecule has 1 N–H and O–H groups in total. The van der Waals surface area contributed by atoms with Crippen molar-refractivity contribution >= 4 is 17.3 Å². The fourth-order valence-corrected chi connectivity index (χ4v) is 2.42. The van der Waals surface area contributed by atoms with Crippen LogP contribution in [-0.4, -0.2) is 31.1 Å². The lowest BCUT2D eigenvalue weighted by Crippen LogP contribution is -2.21. The molecule has 2 aromatic rings. The molecule has 6 nitrogen and oxygen atoms in total. The Kier molecular flexibility index (Phi) is 2.94. The van der Waals surface area contributed by atoms with Crippen LogP contribution >= 0.6 is 11.3 Å². The average molecular weight is 266 g/mol. The molecule has 96 valence electrons. The molecule has 0 spiro atoms. The largest absolute Gasteiger partial charge is 0.476 e. The van der Waals surface area contributed by atoms with Crippen LogP contribution in [0.2, 0.25) is 0 Å². The van der Waals surface area contributed by atoms with Crippen LogP contribution in [0, 0.1) is 6.92 Å². The summed E-state index contributed by atoms with van der Waals surface area (Å²) in [6.07, 6.45) is 0. The Labute approximate surface area is 108 Å². The van der Waals surface area contributed by atoms with Gasteiger partial charge >= 0.3 is 5.97 Å². The van der Waals surface area contributed by atoms with E-state index < -0.39 is 5.97 Å². The quantitative estimate of drug-likeness (QED) is 0.899. The molecule has 0 aliphatic carbocycles. The van der Waals surface area contributed by atoms with Gasteiger partial charge in [0.1, 0.15) is 0 Å². The van der Waals surface area contributed by atoms with Crippen molar-refractivity contribution in [3.8, 4) is 5.13 Å². The zero-order valence-electron chi connectivity index (χ0n) is 10.6. The molecule has 0 aliphatic rings. The first kappa shape index (κ1) is 12.7. The first-order valence-corrected chi connectivity index (χ1v) is 6.30. The van der Waals surface area contributed by atoms with Gasteiger partial charge in [-0.1, -0.05) is 26.0 Å². The van der Waals surface area contributed by atoms with E-state index >= 15 is 0 Å². The van der Waals surface area contributed by atoms with Crippen molar-refractivity contribution in [3.05, 3.63) is 22.5 Å². The molecule has 2 aromatic heterocycles. The summed E-state index contributed by atoms with van der Waals surface area (Å²) in [4.78, 5) is 15.5. The summed E-state index contributed by atoms with van der Waals surface area (Å²) in [7, 11) is 0. The third kappa shape index (κ3) is 2.13. The molecular weight excluding hydrogens is 252 g/mol. The van der Waals surface area contributed by atoms with Gasteiger partial charge in [-0.25, -0.2) is 9.78 Å². The van der Waals surface area contributed by atoms with Crippen LogP contribution in [0.4, 0.5) is 0 Å². The maximum absolute atomic E-state index is 11.2. The first-order chi connectivity index (χ1) is 8.30. The number of carboxylic acids is 1. The van der Waals surface area contributed by atoms with Crippen molar-refractivity contribution in [1.82, 2.24) is 20.0 Å². The Morgan fingerprint density at radius 2 is 2.11 bits per heavy atom. The van der Waals surface area contributed by atoms with Gasteiger partial charge in [0.25, 0.3) is 0 Å². The summed E-state index contributed by atoms with van der Waals surface area (Å²) in [6.45, 7) is 7.66. The van der Waals surface area contributed by atoms with Crippen molar-refractivity contribution in [2.45, 2.75) is 33.1 Å². The van der Waals surface area contributed by atoms with Crippen LogP contribution in [0.5, 0.6) is 0 Å². The second-order valence-corrected chi connectivity index (χ2v) is 5.86. The highest BCUT2D eigenvalue weighted by Gasteiger charge is 2.30. The second-order valence-electron chi connectivity index (χ2n) is 5.03. The molecule has 2 heterocycles. The van der Waals surface area contributed by atoms with E-state index in [4.69, 9.17) is 5.11 Å². The van der Waals surface area contributed by atoms with Crippen molar-refractivity contribution in [1.29, 1.82) is 0 Å². The maximum Gasteiger partial charge on any atom is 0.358 e. The van der Waals surface area contributed by atoms with Crippen molar-refractivity contribution in [2.24, 2.45) is 0 Å². The number of hydrogen-bond donors (Lipinski definition) is 1. The molecule has 0 saturated carbocycles. The predicted molar refractivity (Wildman–Crippen MR) is 67.4 cm³/mol. The zero-order chi connectivity index (χ0) is 13.5. The molecule has 0 aliphatic heterocycles. The maximum atomic E-state index is 11.2. The number of rotatable bonds is 2. The van der Waals surface area contributed by atoms with Gasteiger partial charge in [-0.15, -0.1) is 16.4 Å². The van der Waals surface area contributed by atoms with E-state index in [0.29, 0.717) is 10.8 Å². The van der Waals surface area contributed by atoms with Crippen LogP contribution in [0.3, 0.4) is 0 Å². The van der Waals surface area contributed by atoms with Crippen molar-refractivity contribution in [2.75, 3.05) is 0 Å². The van der Waals surface area contributed by atoms with Gasteiger partial charge in [0.15, 0.2) is 5.69 Å². The number of aryl methyl sites for hydroxylation is 1. The third-order valence-electron chi connectivity index (χ3n) is 2.37. The van der Waals surface area contributed by atoms with Crippen LogP contribution in [-0.2, 0) is 5.41 Å². The van der Waals surface area contributed by atoms with Crippen LogP contribution in [0.1, 0.15) is 42.6 Å². The number of nitrogens with zero attached hydrogens (tertiary/aromatic N) is 4. The van der Waals surface area contributed by atoms with E-state index in [1.54, 1.807) is 0 Å². The Hall–Kier alpha value is -1.76. The lowest BCUT2D eigenvalue weighted by Gasteiger charge is -2.19. The predicted octanol–water partition coefficient (Wildman–Crippen LogP) is 2.03. The average Bonchev–Trinajstić information content (AvgIpc) is 2.80. The van der Waals surface area contributed by atoms with Gasteiger partial charge in [0.05, 0.1) is 11.4 Å². The molecule has 0 aromatic carbocycles. The number of aromatic carboxylic acids is 1. The molecule has 0 saturated heterocycles. The van der Waals surface area contributed by atoms with E-state index in [9.17, 15) is 4.79 Å². The molecule has 18 heavy (non-hydrogen) atoms. The van der Waals surface area contributed by atoms with E-state index in [0.717, 1.165) is 5.69 Å². The Morgan fingerprint density at radius 1 is 1.44 bits per heavy atom. The van der Waals surface area contributed by atoms with Crippen molar-refractivity contribution < 1.29 is 9.90 Å². The summed E-state index contributed by atoms with van der Waals surface area (Å²) >= 11 is 1.41. The Morgan fingerprint density at radius 3 is 2.56 bits per heavy atom. The highest BCUT2D eigenvalue weighted by Crippen LogP contribution is 2.28. The SMILES string of the molecule is Cc1csc(-n2nnc(C(=O)O)c2C(C)(C)C)n1. The van der Waals surface area contributed by atoms with E-state index in [1.807, 2.05) is 33.1 Å². The molecule has 0 bridgehead atoms. The first-order valence-electron chi connectivity index (χ1n) is 5.42. The molecule has 0 atom stereocenters. The molecule has 0 radical (unpaired) electrons. The van der Waals surface area contributed by atoms with Gasteiger partial charge in [-0.2, -0.15) is 4.68 Å². The zero-order valence-corrected chi connectivity index (χ0v) is 11.4.